The lowest BCUT2D eigenvalue weighted by Crippen LogP contribution is -2.36. The molecule has 0 radical (unpaired) electrons. The molecule has 0 aromatic carbocycles. The fourth-order valence-electron chi connectivity index (χ4n) is 3.32. The van der Waals surface area contributed by atoms with Crippen LogP contribution in [0.5, 0.6) is 0 Å². The number of hydrogen-bond acceptors (Lipinski definition) is 3. The summed E-state index contributed by atoms with van der Waals surface area (Å²) in [6.45, 7) is 14.2. The molecule has 0 saturated heterocycles. The van der Waals surface area contributed by atoms with Crippen LogP contribution in [0.1, 0.15) is 97.5 Å². The van der Waals surface area contributed by atoms with Crippen molar-refractivity contribution in [1.82, 2.24) is 20.2 Å². The van der Waals surface area contributed by atoms with Crippen molar-refractivity contribution >= 4 is 0 Å². The second kappa shape index (κ2) is 13.3. The Hall–Kier alpha value is -0.870. The molecule has 4 nitrogen and oxygen atoms in total. The number of unbranched alkanes of at least 4 members (excludes halogenated alkanes) is 7. The lowest BCUT2D eigenvalue weighted by molar-refractivity contribution is 0.162. The van der Waals surface area contributed by atoms with Crippen molar-refractivity contribution in [1.29, 1.82) is 0 Å². The Morgan fingerprint density at radius 3 is 2.16 bits per heavy atom. The van der Waals surface area contributed by atoms with E-state index in [1.165, 1.54) is 57.1 Å². The van der Waals surface area contributed by atoms with E-state index in [0.29, 0.717) is 12.1 Å². The molecule has 1 rings (SSSR count). The molecular weight excluding hydrogens is 308 g/mol. The smallest absolute Gasteiger partial charge is 0.120 e. The molecule has 0 bridgehead atoms. The molecule has 0 aliphatic carbocycles. The zero-order valence-electron chi connectivity index (χ0n) is 17.4. The van der Waals surface area contributed by atoms with E-state index in [-0.39, 0.29) is 0 Å². The van der Waals surface area contributed by atoms with Crippen molar-refractivity contribution in [2.45, 2.75) is 111 Å². The van der Waals surface area contributed by atoms with Crippen LogP contribution in [0, 0.1) is 0 Å². The van der Waals surface area contributed by atoms with Crippen molar-refractivity contribution in [2.75, 3.05) is 6.54 Å². The first-order chi connectivity index (χ1) is 12.0. The largest absolute Gasteiger partial charge is 0.344 e. The van der Waals surface area contributed by atoms with Gasteiger partial charge in [0.1, 0.15) is 5.82 Å². The van der Waals surface area contributed by atoms with Gasteiger partial charge in [0.15, 0.2) is 0 Å². The minimum atomic E-state index is 0.536. The third-order valence-electron chi connectivity index (χ3n) is 4.86. The zero-order valence-corrected chi connectivity index (χ0v) is 17.4. The maximum atomic E-state index is 4.55. The number of rotatable bonds is 15. The lowest BCUT2D eigenvalue weighted by Gasteiger charge is -2.29. The van der Waals surface area contributed by atoms with E-state index in [4.69, 9.17) is 0 Å². The van der Waals surface area contributed by atoms with Gasteiger partial charge in [0.05, 0.1) is 6.54 Å². The van der Waals surface area contributed by atoms with Crippen LogP contribution in [-0.2, 0) is 13.1 Å². The van der Waals surface area contributed by atoms with E-state index in [0.717, 1.165) is 25.5 Å². The second-order valence-electron chi connectivity index (χ2n) is 7.87. The quantitative estimate of drug-likeness (QED) is 0.424. The molecule has 0 atom stereocenters. The van der Waals surface area contributed by atoms with E-state index in [1.54, 1.807) is 0 Å². The topological polar surface area (TPSA) is 44.0 Å². The van der Waals surface area contributed by atoms with Crippen LogP contribution < -0.4 is 5.32 Å². The summed E-state index contributed by atoms with van der Waals surface area (Å²) in [5, 5.41) is 3.54. The molecule has 0 aliphatic heterocycles. The number of hydrogen-bond donors (Lipinski definition) is 2. The first kappa shape index (κ1) is 22.2. The molecular formula is C21H42N4. The molecule has 0 amide bonds. The van der Waals surface area contributed by atoms with Gasteiger partial charge >= 0.3 is 0 Å². The molecule has 2 N–H and O–H groups in total. The van der Waals surface area contributed by atoms with Crippen molar-refractivity contribution in [3.8, 4) is 0 Å². The molecule has 1 heterocycles. The maximum Gasteiger partial charge on any atom is 0.120 e. The van der Waals surface area contributed by atoms with E-state index in [1.807, 2.05) is 6.20 Å². The summed E-state index contributed by atoms with van der Waals surface area (Å²) in [4.78, 5) is 10.5. The first-order valence-electron chi connectivity index (χ1n) is 10.5. The molecule has 0 saturated carbocycles. The summed E-state index contributed by atoms with van der Waals surface area (Å²) in [5.41, 5.74) is 1.20. The second-order valence-corrected chi connectivity index (χ2v) is 7.87. The van der Waals surface area contributed by atoms with E-state index < -0.39 is 0 Å². The summed E-state index contributed by atoms with van der Waals surface area (Å²) >= 11 is 0. The molecule has 0 aliphatic rings. The summed E-state index contributed by atoms with van der Waals surface area (Å²) in [6, 6.07) is 1.07. The van der Waals surface area contributed by atoms with Crippen LogP contribution in [0.2, 0.25) is 0 Å². The average molecular weight is 351 g/mol. The predicted molar refractivity (Wildman–Crippen MR) is 109 cm³/mol. The van der Waals surface area contributed by atoms with Gasteiger partial charge in [0.2, 0.25) is 0 Å². The lowest BCUT2D eigenvalue weighted by atomic mass is 10.1. The van der Waals surface area contributed by atoms with E-state index in [2.05, 4.69) is 54.8 Å². The third-order valence-corrected chi connectivity index (χ3v) is 4.86. The molecule has 1 aromatic heterocycles. The Bertz CT molecular complexity index is 417. The van der Waals surface area contributed by atoms with E-state index >= 15 is 0 Å². The van der Waals surface area contributed by atoms with E-state index in [9.17, 15) is 0 Å². The van der Waals surface area contributed by atoms with Gasteiger partial charge in [0.25, 0.3) is 0 Å². The Morgan fingerprint density at radius 2 is 1.56 bits per heavy atom. The van der Waals surface area contributed by atoms with Gasteiger partial charge in [-0.25, -0.2) is 4.98 Å². The van der Waals surface area contributed by atoms with Gasteiger partial charge in [0, 0.05) is 30.5 Å². The summed E-state index contributed by atoms with van der Waals surface area (Å²) in [5.74, 6) is 1.08. The number of H-pyrrole nitrogens is 1. The Labute approximate surface area is 156 Å². The molecule has 1 aromatic rings. The molecule has 25 heavy (non-hydrogen) atoms. The highest BCUT2D eigenvalue weighted by atomic mass is 15.2. The number of nitrogens with one attached hydrogen (secondary N) is 2. The minimum absolute atomic E-state index is 0.536. The number of aromatic nitrogens is 2. The van der Waals surface area contributed by atoms with Crippen molar-refractivity contribution in [3.63, 3.8) is 0 Å². The Balaban J connectivity index is 2.11. The van der Waals surface area contributed by atoms with Crippen LogP contribution >= 0.6 is 0 Å². The van der Waals surface area contributed by atoms with Crippen molar-refractivity contribution < 1.29 is 0 Å². The number of imidazole rings is 1. The van der Waals surface area contributed by atoms with Crippen molar-refractivity contribution in [3.05, 3.63) is 17.7 Å². The minimum Gasteiger partial charge on any atom is -0.344 e. The van der Waals surface area contributed by atoms with Crippen LogP contribution in [0.25, 0.3) is 0 Å². The first-order valence-corrected chi connectivity index (χ1v) is 10.5. The standard InChI is InChI=1S/C21H42N4/c1-6-7-8-9-10-11-12-13-14-22-15-20-16-23-21(24-20)17-25(18(2)3)19(4)5/h16,18-19,22H,6-15,17H2,1-5H3,(H,23,24). The predicted octanol–water partition coefficient (Wildman–Crippen LogP) is 5.26. The van der Waals surface area contributed by atoms with Crippen LogP contribution in [0.3, 0.4) is 0 Å². The third kappa shape index (κ3) is 10.0. The van der Waals surface area contributed by atoms with Crippen LogP contribution in [0.15, 0.2) is 6.20 Å². The van der Waals surface area contributed by atoms with Gasteiger partial charge in [-0.05, 0) is 40.7 Å². The monoisotopic (exact) mass is 350 g/mol. The fraction of sp³-hybridized carbons (Fsp3) is 0.857. The van der Waals surface area contributed by atoms with Gasteiger partial charge in [-0.2, -0.15) is 0 Å². The molecule has 146 valence electrons. The zero-order chi connectivity index (χ0) is 18.5. The summed E-state index contributed by atoms with van der Waals surface area (Å²) < 4.78 is 0. The van der Waals surface area contributed by atoms with Gasteiger partial charge in [-0.3, -0.25) is 4.90 Å². The Kier molecular flexibility index (Phi) is 11.8. The molecule has 0 fully saturated rings. The average Bonchev–Trinajstić information content (AvgIpc) is 3.01. The van der Waals surface area contributed by atoms with Crippen molar-refractivity contribution in [2.24, 2.45) is 0 Å². The van der Waals surface area contributed by atoms with Gasteiger partial charge < -0.3 is 10.3 Å². The van der Waals surface area contributed by atoms with Crippen LogP contribution in [-0.4, -0.2) is 33.5 Å². The number of aromatic amines is 1. The highest BCUT2D eigenvalue weighted by Crippen LogP contribution is 2.10. The van der Waals surface area contributed by atoms with Gasteiger partial charge in [-0.1, -0.05) is 51.9 Å². The molecule has 0 unspecified atom stereocenters. The highest BCUT2D eigenvalue weighted by Gasteiger charge is 2.15. The Morgan fingerprint density at radius 1 is 0.960 bits per heavy atom. The molecule has 4 heteroatoms. The normalized spacial score (nSPS) is 12.0. The summed E-state index contributed by atoms with van der Waals surface area (Å²) in [6.07, 6.45) is 13.0. The van der Waals surface area contributed by atoms with Gasteiger partial charge in [-0.15, -0.1) is 0 Å². The SMILES string of the molecule is CCCCCCCCCCNCc1cnc(CN(C(C)C)C(C)C)[nH]1. The molecule has 0 spiro atoms. The van der Waals surface area contributed by atoms with Crippen LogP contribution in [0.4, 0.5) is 0 Å². The fourth-order valence-corrected chi connectivity index (χ4v) is 3.32. The maximum absolute atomic E-state index is 4.55. The summed E-state index contributed by atoms with van der Waals surface area (Å²) in [7, 11) is 0. The highest BCUT2D eigenvalue weighted by molar-refractivity contribution is 5.01. The number of nitrogens with zero attached hydrogens (tertiary/aromatic N) is 2.